The van der Waals surface area contributed by atoms with E-state index in [9.17, 15) is 13.6 Å². The molecule has 3 nitrogen and oxygen atoms in total. The number of aromatic nitrogens is 1. The Morgan fingerprint density at radius 2 is 2.38 bits per heavy atom. The molecule has 0 aliphatic carbocycles. The molecule has 0 bridgehead atoms. The van der Waals surface area contributed by atoms with Crippen molar-refractivity contribution in [2.24, 2.45) is 5.92 Å². The number of likely N-dealkylation sites (tertiary alicyclic amines) is 1. The molecule has 1 aliphatic rings. The average Bonchev–Trinajstić information content (AvgIpc) is 2.56. The van der Waals surface area contributed by atoms with Crippen molar-refractivity contribution in [2.45, 2.75) is 19.8 Å². The van der Waals surface area contributed by atoms with Gasteiger partial charge in [-0.2, -0.15) is 4.37 Å². The molecule has 2 rings (SSSR count). The molecule has 0 spiro atoms. The minimum Gasteiger partial charge on any atom is -0.337 e. The summed E-state index contributed by atoms with van der Waals surface area (Å²) in [7, 11) is 0. The van der Waals surface area contributed by atoms with Gasteiger partial charge in [-0.3, -0.25) is 4.79 Å². The van der Waals surface area contributed by atoms with Gasteiger partial charge in [0.2, 0.25) is 6.43 Å². The summed E-state index contributed by atoms with van der Waals surface area (Å²) in [5.41, 5.74) is 0.429. The normalized spacial score (nSPS) is 16.6. The molecule has 1 amide bonds. The number of hydrogen-bond acceptors (Lipinski definition) is 3. The number of rotatable bonds is 3. The third-order valence-corrected chi connectivity index (χ3v) is 3.30. The average molecular weight is 246 g/mol. The lowest BCUT2D eigenvalue weighted by Gasteiger charge is -2.38. The zero-order valence-corrected chi connectivity index (χ0v) is 9.64. The Morgan fingerprint density at radius 3 is 2.88 bits per heavy atom. The van der Waals surface area contributed by atoms with Crippen molar-refractivity contribution in [3.05, 3.63) is 16.6 Å². The van der Waals surface area contributed by atoms with Gasteiger partial charge in [-0.05, 0) is 30.4 Å². The van der Waals surface area contributed by atoms with Crippen molar-refractivity contribution >= 4 is 17.4 Å². The van der Waals surface area contributed by atoms with Crippen LogP contribution in [0.25, 0.3) is 0 Å². The van der Waals surface area contributed by atoms with Crippen LogP contribution in [0.3, 0.4) is 0 Å². The lowest BCUT2D eigenvalue weighted by molar-refractivity contribution is 0.0277. The van der Waals surface area contributed by atoms with Gasteiger partial charge in [0.25, 0.3) is 5.91 Å². The first-order valence-corrected chi connectivity index (χ1v) is 5.84. The molecule has 1 fully saturated rings. The van der Waals surface area contributed by atoms with Crippen molar-refractivity contribution in [3.63, 3.8) is 0 Å². The highest BCUT2D eigenvalue weighted by atomic mass is 32.1. The fourth-order valence-corrected chi connectivity index (χ4v) is 2.30. The molecule has 0 N–H and O–H groups in total. The Labute approximate surface area is 96.2 Å². The Balaban J connectivity index is 1.86. The minimum atomic E-state index is -2.27. The predicted molar refractivity (Wildman–Crippen MR) is 56.9 cm³/mol. The number of alkyl halides is 2. The van der Waals surface area contributed by atoms with E-state index in [4.69, 9.17) is 0 Å². The van der Waals surface area contributed by atoms with E-state index in [2.05, 4.69) is 4.37 Å². The van der Waals surface area contributed by atoms with Crippen LogP contribution in [-0.4, -0.2) is 34.7 Å². The Bertz CT molecular complexity index is 388. The van der Waals surface area contributed by atoms with Crippen LogP contribution in [0.5, 0.6) is 0 Å². The number of amides is 1. The fourth-order valence-electron chi connectivity index (χ4n) is 1.77. The van der Waals surface area contributed by atoms with Crippen molar-refractivity contribution in [1.29, 1.82) is 0 Å². The van der Waals surface area contributed by atoms with Gasteiger partial charge in [-0.15, -0.1) is 0 Å². The van der Waals surface area contributed by atoms with Gasteiger partial charge >= 0.3 is 0 Å². The van der Waals surface area contributed by atoms with Crippen LogP contribution in [0.1, 0.15) is 21.8 Å². The van der Waals surface area contributed by atoms with Crippen molar-refractivity contribution in [3.8, 4) is 0 Å². The smallest absolute Gasteiger partial charge is 0.273 e. The third kappa shape index (κ3) is 2.37. The first-order chi connectivity index (χ1) is 7.56. The second-order valence-electron chi connectivity index (χ2n) is 4.03. The van der Waals surface area contributed by atoms with E-state index >= 15 is 0 Å². The molecule has 88 valence electrons. The maximum Gasteiger partial charge on any atom is 0.273 e. The van der Waals surface area contributed by atoms with Gasteiger partial charge in [0.1, 0.15) is 5.69 Å². The van der Waals surface area contributed by atoms with Gasteiger partial charge in [0, 0.05) is 24.4 Å². The highest BCUT2D eigenvalue weighted by Crippen LogP contribution is 2.24. The Hall–Kier alpha value is -1.04. The predicted octanol–water partition coefficient (Wildman–Crippen LogP) is 2.18. The molecular formula is C10H12F2N2OS. The summed E-state index contributed by atoms with van der Waals surface area (Å²) < 4.78 is 28.1. The van der Waals surface area contributed by atoms with Crippen LogP contribution in [0.15, 0.2) is 6.07 Å². The fraction of sp³-hybridized carbons (Fsp3) is 0.600. The SMILES string of the molecule is Cc1cc(C(=O)N2CC(CC(F)F)C2)ns1. The molecule has 0 atom stereocenters. The zero-order chi connectivity index (χ0) is 11.7. The van der Waals surface area contributed by atoms with E-state index < -0.39 is 6.43 Å². The van der Waals surface area contributed by atoms with Crippen LogP contribution < -0.4 is 0 Å². The number of nitrogens with zero attached hydrogens (tertiary/aromatic N) is 2. The Kier molecular flexibility index (Phi) is 3.18. The lowest BCUT2D eigenvalue weighted by atomic mass is 9.96. The Morgan fingerprint density at radius 1 is 1.69 bits per heavy atom. The molecule has 2 heterocycles. The standard InChI is InChI=1S/C10H12F2N2OS/c1-6-2-8(13-16-6)10(15)14-4-7(5-14)3-9(11)12/h2,7,9H,3-5H2,1H3. The van der Waals surface area contributed by atoms with Gasteiger partial charge in [0.15, 0.2) is 0 Å². The number of aryl methyl sites for hydroxylation is 1. The summed E-state index contributed by atoms with van der Waals surface area (Å²) in [6.45, 7) is 2.74. The number of carbonyl (C=O) groups excluding carboxylic acids is 1. The van der Waals surface area contributed by atoms with Crippen LogP contribution in [0.2, 0.25) is 0 Å². The van der Waals surface area contributed by atoms with E-state index in [0.717, 1.165) is 4.88 Å². The number of halogens is 2. The maximum absolute atomic E-state index is 12.0. The molecule has 1 aromatic rings. The van der Waals surface area contributed by atoms with Crippen LogP contribution >= 0.6 is 11.5 Å². The van der Waals surface area contributed by atoms with Crippen LogP contribution in [-0.2, 0) is 0 Å². The molecule has 16 heavy (non-hydrogen) atoms. The molecule has 0 saturated carbocycles. The summed E-state index contributed by atoms with van der Waals surface area (Å²) in [4.78, 5) is 14.3. The van der Waals surface area contributed by atoms with Crippen molar-refractivity contribution in [1.82, 2.24) is 9.27 Å². The molecular weight excluding hydrogens is 234 g/mol. The number of carbonyl (C=O) groups is 1. The second-order valence-corrected chi connectivity index (χ2v) is 5.03. The lowest BCUT2D eigenvalue weighted by Crippen LogP contribution is -2.50. The van der Waals surface area contributed by atoms with E-state index in [-0.39, 0.29) is 18.2 Å². The quantitative estimate of drug-likeness (QED) is 0.819. The monoisotopic (exact) mass is 246 g/mol. The molecule has 1 aliphatic heterocycles. The van der Waals surface area contributed by atoms with E-state index in [1.54, 1.807) is 11.0 Å². The van der Waals surface area contributed by atoms with Crippen molar-refractivity contribution < 1.29 is 13.6 Å². The molecule has 0 unspecified atom stereocenters. The van der Waals surface area contributed by atoms with Crippen LogP contribution in [0, 0.1) is 12.8 Å². The highest BCUT2D eigenvalue weighted by Gasteiger charge is 2.33. The third-order valence-electron chi connectivity index (χ3n) is 2.60. The van der Waals surface area contributed by atoms with Gasteiger partial charge in [-0.1, -0.05) is 0 Å². The summed E-state index contributed by atoms with van der Waals surface area (Å²) in [6, 6.07) is 1.73. The molecule has 1 aromatic heterocycles. The van der Waals surface area contributed by atoms with Gasteiger partial charge in [-0.25, -0.2) is 8.78 Å². The first kappa shape index (κ1) is 11.4. The van der Waals surface area contributed by atoms with E-state index in [1.165, 1.54) is 11.5 Å². The zero-order valence-electron chi connectivity index (χ0n) is 8.82. The minimum absolute atomic E-state index is 0.0521. The van der Waals surface area contributed by atoms with Crippen molar-refractivity contribution in [2.75, 3.05) is 13.1 Å². The highest BCUT2D eigenvalue weighted by molar-refractivity contribution is 7.05. The topological polar surface area (TPSA) is 33.2 Å². The summed E-state index contributed by atoms with van der Waals surface area (Å²) in [5, 5.41) is 0. The largest absolute Gasteiger partial charge is 0.337 e. The van der Waals surface area contributed by atoms with E-state index in [1.807, 2.05) is 6.92 Å². The molecule has 0 radical (unpaired) electrons. The summed E-state index contributed by atoms with van der Waals surface area (Å²) >= 11 is 1.28. The molecule has 6 heteroatoms. The maximum atomic E-state index is 12.0. The molecule has 1 saturated heterocycles. The summed E-state index contributed by atoms with van der Waals surface area (Å²) in [6.07, 6.45) is -2.39. The van der Waals surface area contributed by atoms with Gasteiger partial charge < -0.3 is 4.90 Å². The van der Waals surface area contributed by atoms with E-state index in [0.29, 0.717) is 18.8 Å². The van der Waals surface area contributed by atoms with Gasteiger partial charge in [0.05, 0.1) is 0 Å². The molecule has 0 aromatic carbocycles. The van der Waals surface area contributed by atoms with Crippen LogP contribution in [0.4, 0.5) is 8.78 Å². The first-order valence-electron chi connectivity index (χ1n) is 5.07. The second kappa shape index (κ2) is 4.45. The number of hydrogen-bond donors (Lipinski definition) is 0. The summed E-state index contributed by atoms with van der Waals surface area (Å²) in [5.74, 6) is -0.196.